The minimum Gasteiger partial charge on any atom is -0.331 e. The smallest absolute Gasteiger partial charge is 0.223 e. The molecule has 5 heteroatoms. The lowest BCUT2D eigenvalue weighted by atomic mass is 10.3. The highest BCUT2D eigenvalue weighted by atomic mass is 16.2. The number of amides is 1. The van der Waals surface area contributed by atoms with Crippen molar-refractivity contribution >= 4 is 5.91 Å². The highest BCUT2D eigenvalue weighted by Gasteiger charge is 2.09. The Labute approximate surface area is 83.7 Å². The first-order valence-corrected chi connectivity index (χ1v) is 4.48. The first-order valence-electron chi connectivity index (χ1n) is 4.48. The number of hydrogen-bond donors (Lipinski definition) is 0. The largest absolute Gasteiger partial charge is 0.331 e. The summed E-state index contributed by atoms with van der Waals surface area (Å²) in [6.45, 7) is 2.87. The summed E-state index contributed by atoms with van der Waals surface area (Å²) >= 11 is 0. The molecule has 0 aromatic heterocycles. The zero-order valence-corrected chi connectivity index (χ0v) is 8.31. The quantitative estimate of drug-likeness (QED) is 0.274. The van der Waals surface area contributed by atoms with Gasteiger partial charge in [0.1, 0.15) is 0 Å². The predicted octanol–water partition coefficient (Wildman–Crippen LogP) is 1.56. The van der Waals surface area contributed by atoms with E-state index < -0.39 is 0 Å². The van der Waals surface area contributed by atoms with Crippen molar-refractivity contribution in [2.75, 3.05) is 19.6 Å². The predicted molar refractivity (Wildman–Crippen MR) is 54.3 cm³/mol. The minimum atomic E-state index is 0.0126. The molecule has 0 aromatic carbocycles. The van der Waals surface area contributed by atoms with Gasteiger partial charge in [-0.3, -0.25) is 4.79 Å². The molecule has 0 fully saturated rings. The molecule has 0 atom stereocenters. The van der Waals surface area contributed by atoms with E-state index in [-0.39, 0.29) is 19.0 Å². The number of rotatable bonds is 6. The second-order valence-corrected chi connectivity index (χ2v) is 2.72. The van der Waals surface area contributed by atoms with Gasteiger partial charge in [-0.25, -0.2) is 0 Å². The summed E-state index contributed by atoms with van der Waals surface area (Å²) in [5.74, 6) is 2.42. The average molecular weight is 194 g/mol. The van der Waals surface area contributed by atoms with Crippen molar-refractivity contribution in [3.8, 4) is 12.3 Å². The van der Waals surface area contributed by atoms with Gasteiger partial charge in [0, 0.05) is 24.4 Å². The fourth-order valence-electron chi connectivity index (χ4n) is 0.984. The van der Waals surface area contributed by atoms with Crippen molar-refractivity contribution in [3.05, 3.63) is 10.4 Å². The third-order valence-corrected chi connectivity index (χ3v) is 1.63. The maximum atomic E-state index is 11.4. The molecular formula is C9H14N4O. The molecule has 0 heterocycles. The summed E-state index contributed by atoms with van der Waals surface area (Å²) in [5, 5.41) is 3.35. The van der Waals surface area contributed by atoms with Gasteiger partial charge >= 0.3 is 0 Å². The molecule has 0 aromatic rings. The van der Waals surface area contributed by atoms with Crippen molar-refractivity contribution in [1.82, 2.24) is 4.90 Å². The molecule has 0 unspecified atom stereocenters. The number of azide groups is 1. The van der Waals surface area contributed by atoms with Crippen LogP contribution in [0, 0.1) is 12.3 Å². The zero-order chi connectivity index (χ0) is 10.8. The maximum absolute atomic E-state index is 11.4. The maximum Gasteiger partial charge on any atom is 0.223 e. The second-order valence-electron chi connectivity index (χ2n) is 2.72. The standard InChI is InChI=1S/C9H14N4O/c1-3-5-9(14)13(7-4-2)8-6-11-12-10/h2H,3,5-8H2,1H3. The van der Waals surface area contributed by atoms with Crippen LogP contribution >= 0.6 is 0 Å². The lowest BCUT2D eigenvalue weighted by Crippen LogP contribution is -2.33. The second kappa shape index (κ2) is 7.96. The Morgan fingerprint density at radius 3 is 2.93 bits per heavy atom. The van der Waals surface area contributed by atoms with Crippen molar-refractivity contribution in [2.24, 2.45) is 5.11 Å². The normalized spacial score (nSPS) is 8.57. The molecule has 1 amide bonds. The van der Waals surface area contributed by atoms with Crippen LogP contribution in [0.5, 0.6) is 0 Å². The summed E-state index contributed by atoms with van der Waals surface area (Å²) in [7, 11) is 0. The van der Waals surface area contributed by atoms with E-state index in [1.807, 2.05) is 6.92 Å². The van der Waals surface area contributed by atoms with Gasteiger partial charge in [0.15, 0.2) is 0 Å². The van der Waals surface area contributed by atoms with Gasteiger partial charge in [0.05, 0.1) is 6.54 Å². The molecule has 0 aliphatic rings. The average Bonchev–Trinajstić information content (AvgIpc) is 2.17. The van der Waals surface area contributed by atoms with E-state index >= 15 is 0 Å². The number of terminal acetylenes is 1. The van der Waals surface area contributed by atoms with Crippen LogP contribution in [0.1, 0.15) is 19.8 Å². The van der Waals surface area contributed by atoms with Crippen LogP contribution in [0.3, 0.4) is 0 Å². The summed E-state index contributed by atoms with van der Waals surface area (Å²) in [5.41, 5.74) is 8.07. The summed E-state index contributed by atoms with van der Waals surface area (Å²) < 4.78 is 0. The topological polar surface area (TPSA) is 69.1 Å². The van der Waals surface area contributed by atoms with E-state index in [2.05, 4.69) is 15.9 Å². The van der Waals surface area contributed by atoms with E-state index in [1.165, 1.54) is 4.90 Å². The van der Waals surface area contributed by atoms with Crippen molar-refractivity contribution in [2.45, 2.75) is 19.8 Å². The number of nitrogens with zero attached hydrogens (tertiary/aromatic N) is 4. The Morgan fingerprint density at radius 1 is 1.71 bits per heavy atom. The number of carbonyl (C=O) groups is 1. The Bertz CT molecular complexity index is 262. The molecule has 0 spiro atoms. The van der Waals surface area contributed by atoms with Crippen molar-refractivity contribution in [3.63, 3.8) is 0 Å². The highest BCUT2D eigenvalue weighted by Crippen LogP contribution is 1.97. The first-order chi connectivity index (χ1) is 6.76. The van der Waals surface area contributed by atoms with Gasteiger partial charge < -0.3 is 4.90 Å². The van der Waals surface area contributed by atoms with Crippen LogP contribution in [0.4, 0.5) is 0 Å². The molecule has 0 N–H and O–H groups in total. The lowest BCUT2D eigenvalue weighted by Gasteiger charge is -2.18. The van der Waals surface area contributed by atoms with Crippen LogP contribution < -0.4 is 0 Å². The molecule has 0 rings (SSSR count). The van der Waals surface area contributed by atoms with E-state index in [9.17, 15) is 4.79 Å². The molecule has 0 aliphatic heterocycles. The molecule has 0 radical (unpaired) electrons. The van der Waals surface area contributed by atoms with Gasteiger partial charge in [-0.2, -0.15) is 0 Å². The Morgan fingerprint density at radius 2 is 2.43 bits per heavy atom. The molecule has 0 saturated heterocycles. The Hall–Kier alpha value is -1.66. The van der Waals surface area contributed by atoms with Crippen LogP contribution in [0.15, 0.2) is 5.11 Å². The van der Waals surface area contributed by atoms with E-state index in [4.69, 9.17) is 12.0 Å². The van der Waals surface area contributed by atoms with Crippen molar-refractivity contribution < 1.29 is 4.79 Å². The molecule has 0 bridgehead atoms. The first kappa shape index (κ1) is 12.3. The van der Waals surface area contributed by atoms with Gasteiger partial charge in [-0.1, -0.05) is 18.0 Å². The van der Waals surface area contributed by atoms with Gasteiger partial charge in [0.2, 0.25) is 5.91 Å². The lowest BCUT2D eigenvalue weighted by molar-refractivity contribution is -0.130. The van der Waals surface area contributed by atoms with E-state index in [1.54, 1.807) is 0 Å². The van der Waals surface area contributed by atoms with Crippen LogP contribution in [0.25, 0.3) is 10.4 Å². The number of carbonyl (C=O) groups excluding carboxylic acids is 1. The van der Waals surface area contributed by atoms with Gasteiger partial charge in [-0.15, -0.1) is 6.42 Å². The van der Waals surface area contributed by atoms with E-state index in [0.717, 1.165) is 6.42 Å². The molecule has 0 saturated carbocycles. The summed E-state index contributed by atoms with van der Waals surface area (Å²) in [6.07, 6.45) is 6.40. The van der Waals surface area contributed by atoms with Crippen LogP contribution in [0.2, 0.25) is 0 Å². The Balaban J connectivity index is 4.07. The molecule has 76 valence electrons. The van der Waals surface area contributed by atoms with Gasteiger partial charge in [-0.05, 0) is 12.0 Å². The molecule has 14 heavy (non-hydrogen) atoms. The summed E-state index contributed by atoms with van der Waals surface area (Å²) in [4.78, 5) is 15.6. The van der Waals surface area contributed by atoms with Crippen LogP contribution in [-0.4, -0.2) is 30.4 Å². The van der Waals surface area contributed by atoms with Gasteiger partial charge in [0.25, 0.3) is 0 Å². The van der Waals surface area contributed by atoms with E-state index in [0.29, 0.717) is 13.0 Å². The minimum absolute atomic E-state index is 0.0126. The Kier molecular flexibility index (Phi) is 7.02. The zero-order valence-electron chi connectivity index (χ0n) is 8.31. The monoisotopic (exact) mass is 194 g/mol. The fourth-order valence-corrected chi connectivity index (χ4v) is 0.984. The highest BCUT2D eigenvalue weighted by molar-refractivity contribution is 5.76. The number of hydrogen-bond acceptors (Lipinski definition) is 2. The molecule has 5 nitrogen and oxygen atoms in total. The molecule has 0 aliphatic carbocycles. The third kappa shape index (κ3) is 5.07. The molecular weight excluding hydrogens is 180 g/mol. The van der Waals surface area contributed by atoms with Crippen molar-refractivity contribution in [1.29, 1.82) is 0 Å². The SMILES string of the molecule is C#CCN(CCN=[N+]=[N-])C(=O)CCC. The van der Waals surface area contributed by atoms with Crippen LogP contribution in [-0.2, 0) is 4.79 Å². The fraction of sp³-hybridized carbons (Fsp3) is 0.667. The summed E-state index contributed by atoms with van der Waals surface area (Å²) in [6, 6.07) is 0. The third-order valence-electron chi connectivity index (χ3n) is 1.63.